The van der Waals surface area contributed by atoms with Gasteiger partial charge in [-0.1, -0.05) is 19.1 Å². The van der Waals surface area contributed by atoms with Crippen molar-refractivity contribution in [2.45, 2.75) is 19.9 Å². The number of hydrogen-bond acceptors (Lipinski definition) is 3. The monoisotopic (exact) mass is 265 g/mol. The van der Waals surface area contributed by atoms with Crippen LogP contribution in [0.25, 0.3) is 0 Å². The third-order valence-corrected chi connectivity index (χ3v) is 2.90. The number of hydrogen-bond donors (Lipinski definition) is 3. The number of amides is 2. The fourth-order valence-electron chi connectivity index (χ4n) is 1.84. The van der Waals surface area contributed by atoms with E-state index in [4.69, 9.17) is 10.5 Å². The van der Waals surface area contributed by atoms with Gasteiger partial charge in [0, 0.05) is 32.0 Å². The molecular formula is C14H23N3O2. The topological polar surface area (TPSA) is 76.4 Å². The Balaban J connectivity index is 2.48. The Hall–Kier alpha value is -1.59. The summed E-state index contributed by atoms with van der Waals surface area (Å²) in [5.41, 5.74) is 6.93. The zero-order chi connectivity index (χ0) is 14.3. The first-order chi connectivity index (χ1) is 9.02. The number of anilines is 1. The highest BCUT2D eigenvalue weighted by Crippen LogP contribution is 2.16. The molecule has 5 heteroatoms. The molecule has 0 spiro atoms. The average Bonchev–Trinajstić information content (AvgIpc) is 2.36. The third-order valence-electron chi connectivity index (χ3n) is 2.90. The van der Waals surface area contributed by atoms with Crippen LogP contribution in [0.15, 0.2) is 24.3 Å². The molecule has 5 nitrogen and oxygen atoms in total. The number of methoxy groups -OCH3 is 1. The molecule has 2 atom stereocenters. The zero-order valence-electron chi connectivity index (χ0n) is 11.8. The van der Waals surface area contributed by atoms with Crippen molar-refractivity contribution in [1.82, 2.24) is 5.32 Å². The summed E-state index contributed by atoms with van der Waals surface area (Å²) in [6.07, 6.45) is 0. The molecule has 0 radical (unpaired) electrons. The van der Waals surface area contributed by atoms with E-state index < -0.39 is 6.03 Å². The average molecular weight is 265 g/mol. The van der Waals surface area contributed by atoms with Gasteiger partial charge in [-0.2, -0.15) is 0 Å². The van der Waals surface area contributed by atoms with E-state index in [0.717, 1.165) is 13.2 Å². The first-order valence-corrected chi connectivity index (χ1v) is 6.41. The number of carbonyl (C=O) groups excluding carboxylic acids is 1. The van der Waals surface area contributed by atoms with Crippen LogP contribution in [0, 0.1) is 5.92 Å². The van der Waals surface area contributed by atoms with Gasteiger partial charge in [-0.15, -0.1) is 0 Å². The number of nitrogens with two attached hydrogens (primary N) is 1. The molecule has 1 aromatic carbocycles. The van der Waals surface area contributed by atoms with Crippen LogP contribution in [0.2, 0.25) is 0 Å². The fourth-order valence-corrected chi connectivity index (χ4v) is 1.84. The van der Waals surface area contributed by atoms with Gasteiger partial charge in [0.15, 0.2) is 0 Å². The maximum Gasteiger partial charge on any atom is 0.316 e. The molecule has 0 heterocycles. The molecule has 19 heavy (non-hydrogen) atoms. The lowest BCUT2D eigenvalue weighted by Gasteiger charge is -2.18. The van der Waals surface area contributed by atoms with Crippen LogP contribution in [0.1, 0.15) is 25.5 Å². The summed E-state index contributed by atoms with van der Waals surface area (Å²) in [4.78, 5) is 10.7. The zero-order valence-corrected chi connectivity index (χ0v) is 11.8. The largest absolute Gasteiger partial charge is 0.384 e. The number of ether oxygens (including phenoxy) is 1. The number of carbonyl (C=O) groups is 1. The molecule has 0 aliphatic rings. The number of nitrogens with one attached hydrogen (secondary N) is 2. The van der Waals surface area contributed by atoms with Crippen LogP contribution in [-0.2, 0) is 4.74 Å². The SMILES string of the molecule is COCC(C)CNC(C)c1ccc(NC(N)=O)cc1. The molecule has 1 aromatic rings. The van der Waals surface area contributed by atoms with Crippen LogP contribution < -0.4 is 16.4 Å². The maximum absolute atomic E-state index is 10.7. The minimum Gasteiger partial charge on any atom is -0.384 e. The van der Waals surface area contributed by atoms with Crippen molar-refractivity contribution in [2.75, 3.05) is 25.6 Å². The molecule has 106 valence electrons. The van der Waals surface area contributed by atoms with Crippen molar-refractivity contribution in [3.63, 3.8) is 0 Å². The summed E-state index contributed by atoms with van der Waals surface area (Å²) in [6.45, 7) is 5.90. The predicted octanol–water partition coefficient (Wildman–Crippen LogP) is 2.11. The molecule has 4 N–H and O–H groups in total. The maximum atomic E-state index is 10.7. The van der Waals surface area contributed by atoms with Crippen molar-refractivity contribution in [3.05, 3.63) is 29.8 Å². The smallest absolute Gasteiger partial charge is 0.316 e. The summed E-state index contributed by atoms with van der Waals surface area (Å²) in [7, 11) is 1.71. The lowest BCUT2D eigenvalue weighted by molar-refractivity contribution is 0.157. The second-order valence-corrected chi connectivity index (χ2v) is 4.80. The van der Waals surface area contributed by atoms with E-state index in [-0.39, 0.29) is 6.04 Å². The van der Waals surface area contributed by atoms with Gasteiger partial charge in [0.05, 0.1) is 0 Å². The Bertz CT molecular complexity index is 392. The number of benzene rings is 1. The highest BCUT2D eigenvalue weighted by molar-refractivity contribution is 5.87. The molecule has 2 unspecified atom stereocenters. The van der Waals surface area contributed by atoms with Crippen molar-refractivity contribution in [2.24, 2.45) is 11.7 Å². The number of primary amides is 1. The molecule has 0 aliphatic carbocycles. The quantitative estimate of drug-likeness (QED) is 0.706. The fraction of sp³-hybridized carbons (Fsp3) is 0.500. The first kappa shape index (κ1) is 15.5. The van der Waals surface area contributed by atoms with Gasteiger partial charge in [-0.05, 0) is 30.5 Å². The van der Waals surface area contributed by atoms with E-state index in [2.05, 4.69) is 24.5 Å². The second kappa shape index (κ2) is 7.76. The standard InChI is InChI=1S/C14H23N3O2/c1-10(9-19-3)8-16-11(2)12-4-6-13(7-5-12)17-14(15)18/h4-7,10-11,16H,8-9H2,1-3H3,(H3,15,17,18). The van der Waals surface area contributed by atoms with Gasteiger partial charge >= 0.3 is 6.03 Å². The van der Waals surface area contributed by atoms with Crippen LogP contribution in [0.5, 0.6) is 0 Å². The lowest BCUT2D eigenvalue weighted by Crippen LogP contribution is -2.26. The molecular weight excluding hydrogens is 242 g/mol. The highest BCUT2D eigenvalue weighted by Gasteiger charge is 2.07. The summed E-state index contributed by atoms with van der Waals surface area (Å²) < 4.78 is 5.10. The minimum absolute atomic E-state index is 0.252. The molecule has 0 bridgehead atoms. The van der Waals surface area contributed by atoms with Crippen molar-refractivity contribution in [3.8, 4) is 0 Å². The van der Waals surface area contributed by atoms with Gasteiger partial charge in [-0.25, -0.2) is 4.79 Å². The summed E-state index contributed by atoms with van der Waals surface area (Å²) in [5.74, 6) is 0.475. The van der Waals surface area contributed by atoms with Crippen LogP contribution in [0.4, 0.5) is 10.5 Å². The van der Waals surface area contributed by atoms with Crippen LogP contribution in [0.3, 0.4) is 0 Å². The van der Waals surface area contributed by atoms with Gasteiger partial charge in [0.1, 0.15) is 0 Å². The first-order valence-electron chi connectivity index (χ1n) is 6.41. The third kappa shape index (κ3) is 5.72. The Morgan fingerprint density at radius 2 is 1.95 bits per heavy atom. The van der Waals surface area contributed by atoms with Crippen LogP contribution >= 0.6 is 0 Å². The van der Waals surface area contributed by atoms with Gasteiger partial charge in [-0.3, -0.25) is 0 Å². The number of rotatable bonds is 7. The van der Waals surface area contributed by atoms with E-state index in [1.54, 1.807) is 7.11 Å². The highest BCUT2D eigenvalue weighted by atomic mass is 16.5. The Kier molecular flexibility index (Phi) is 6.32. The predicted molar refractivity (Wildman–Crippen MR) is 77.1 cm³/mol. The van der Waals surface area contributed by atoms with E-state index in [1.165, 1.54) is 5.56 Å². The normalized spacial score (nSPS) is 13.8. The van der Waals surface area contributed by atoms with Crippen molar-refractivity contribution >= 4 is 11.7 Å². The molecule has 0 aromatic heterocycles. The summed E-state index contributed by atoms with van der Waals surface area (Å²) in [6, 6.07) is 7.34. The Morgan fingerprint density at radius 1 is 1.32 bits per heavy atom. The van der Waals surface area contributed by atoms with E-state index in [9.17, 15) is 4.79 Å². The van der Waals surface area contributed by atoms with Gasteiger partial charge < -0.3 is 21.1 Å². The van der Waals surface area contributed by atoms with Crippen molar-refractivity contribution in [1.29, 1.82) is 0 Å². The van der Waals surface area contributed by atoms with Gasteiger partial charge in [0.2, 0.25) is 0 Å². The molecule has 0 saturated heterocycles. The molecule has 0 fully saturated rings. The van der Waals surface area contributed by atoms with Crippen LogP contribution in [-0.4, -0.2) is 26.3 Å². The molecule has 1 rings (SSSR count). The van der Waals surface area contributed by atoms with E-state index in [1.807, 2.05) is 24.3 Å². The molecule has 2 amide bonds. The summed E-state index contributed by atoms with van der Waals surface area (Å²) >= 11 is 0. The van der Waals surface area contributed by atoms with Gasteiger partial charge in [0.25, 0.3) is 0 Å². The second-order valence-electron chi connectivity index (χ2n) is 4.80. The lowest BCUT2D eigenvalue weighted by atomic mass is 10.1. The van der Waals surface area contributed by atoms with E-state index in [0.29, 0.717) is 11.6 Å². The Labute approximate surface area is 114 Å². The summed E-state index contributed by atoms with van der Waals surface area (Å²) in [5, 5.41) is 5.99. The molecule has 0 saturated carbocycles. The van der Waals surface area contributed by atoms with E-state index >= 15 is 0 Å². The molecule has 0 aliphatic heterocycles. The number of urea groups is 1. The minimum atomic E-state index is -0.549. The van der Waals surface area contributed by atoms with Crippen molar-refractivity contribution < 1.29 is 9.53 Å². The Morgan fingerprint density at radius 3 is 2.47 bits per heavy atom.